The Kier molecular flexibility index (Phi) is 14.4. The Morgan fingerprint density at radius 3 is 2.39 bits per heavy atom. The number of rotatable bonds is 17. The van der Waals surface area contributed by atoms with Gasteiger partial charge in [0.05, 0.1) is 18.8 Å². The monoisotopic (exact) mass is 763 g/mol. The highest BCUT2D eigenvalue weighted by atomic mass is 35.5. The molecule has 3 aromatic rings. The largest absolute Gasteiger partial charge is 0.449 e. The third-order valence-electron chi connectivity index (χ3n) is 11.1. The van der Waals surface area contributed by atoms with E-state index in [9.17, 15) is 19.2 Å². The second-order valence-corrected chi connectivity index (χ2v) is 15.6. The van der Waals surface area contributed by atoms with Gasteiger partial charge in [-0.25, -0.2) is 9.78 Å². The zero-order valence-corrected chi connectivity index (χ0v) is 31.8. The van der Waals surface area contributed by atoms with Gasteiger partial charge in [-0.1, -0.05) is 68.0 Å². The number of hydrogen-bond donors (Lipinski definition) is 3. The highest BCUT2D eigenvalue weighted by Gasteiger charge is 2.44. The molecule has 2 aliphatic carbocycles. The van der Waals surface area contributed by atoms with Crippen LogP contribution >= 0.6 is 11.6 Å². The van der Waals surface area contributed by atoms with Gasteiger partial charge in [-0.05, 0) is 93.2 Å². The summed E-state index contributed by atoms with van der Waals surface area (Å²) in [6.07, 6.45) is 10.8. The number of Topliss-reactive ketones (excluding diaryl/α,β-unsaturated/α-hetero) is 1. The summed E-state index contributed by atoms with van der Waals surface area (Å²) in [5.74, 6) is -0.737. The lowest BCUT2D eigenvalue weighted by molar-refractivity contribution is -0.140. The second kappa shape index (κ2) is 19.5. The summed E-state index contributed by atoms with van der Waals surface area (Å²) in [6.45, 7) is 1.43. The third-order valence-corrected chi connectivity index (χ3v) is 11.3. The first-order chi connectivity index (χ1) is 26.3. The Balaban J connectivity index is 1.22. The number of amides is 3. The molecule has 0 unspecified atom stereocenters. The van der Waals surface area contributed by atoms with Crippen LogP contribution in [0.5, 0.6) is 0 Å². The maximum Gasteiger partial charge on any atom is 0.407 e. The molecule has 0 radical (unpaired) electrons. The number of oxazole rings is 1. The number of aromatic nitrogens is 1. The van der Waals surface area contributed by atoms with Crippen LogP contribution in [0, 0.1) is 11.8 Å². The molecular formula is C41H54ClN5O7. The normalized spacial score (nSPS) is 20.5. The molecule has 4 N–H and O–H groups in total. The summed E-state index contributed by atoms with van der Waals surface area (Å²) in [4.78, 5) is 61.9. The van der Waals surface area contributed by atoms with Gasteiger partial charge in [-0.2, -0.15) is 0 Å². The van der Waals surface area contributed by atoms with E-state index in [1.54, 1.807) is 36.4 Å². The molecule has 2 aromatic carbocycles. The van der Waals surface area contributed by atoms with E-state index in [4.69, 9.17) is 31.2 Å². The van der Waals surface area contributed by atoms with E-state index in [-0.39, 0.29) is 31.9 Å². The van der Waals surface area contributed by atoms with Crippen LogP contribution in [0.2, 0.25) is 5.02 Å². The minimum Gasteiger partial charge on any atom is -0.449 e. The first-order valence-electron chi connectivity index (χ1n) is 19.8. The highest BCUT2D eigenvalue weighted by Crippen LogP contribution is 2.29. The van der Waals surface area contributed by atoms with E-state index in [0.717, 1.165) is 44.1 Å². The number of para-hydroxylation sites is 2. The van der Waals surface area contributed by atoms with Gasteiger partial charge in [-0.3, -0.25) is 14.4 Å². The van der Waals surface area contributed by atoms with Crippen LogP contribution < -0.4 is 16.4 Å². The number of unbranched alkanes of at least 4 members (excludes halogenated alkanes) is 1. The van der Waals surface area contributed by atoms with Crippen molar-refractivity contribution in [2.45, 2.75) is 114 Å². The van der Waals surface area contributed by atoms with Crippen molar-refractivity contribution in [3.63, 3.8) is 0 Å². The molecule has 2 saturated carbocycles. The predicted molar refractivity (Wildman–Crippen MR) is 205 cm³/mol. The molecule has 3 amide bonds. The topological polar surface area (TPSA) is 166 Å². The molecule has 1 aromatic heterocycles. The Hall–Kier alpha value is -4.00. The van der Waals surface area contributed by atoms with Crippen LogP contribution in [0.3, 0.4) is 0 Å². The van der Waals surface area contributed by atoms with Crippen molar-refractivity contribution < 1.29 is 33.1 Å². The van der Waals surface area contributed by atoms with Gasteiger partial charge < -0.3 is 35.2 Å². The number of carbonyl (C=O) groups is 4. The van der Waals surface area contributed by atoms with Crippen molar-refractivity contribution in [3.05, 3.63) is 65.0 Å². The number of ketones is 1. The zero-order valence-electron chi connectivity index (χ0n) is 31.0. The number of carbonyl (C=O) groups excluding carboxylic acids is 4. The molecule has 3 aliphatic rings. The lowest BCUT2D eigenvalue weighted by Crippen LogP contribution is -2.56. The van der Waals surface area contributed by atoms with Crippen molar-refractivity contribution in [2.75, 3.05) is 26.3 Å². The van der Waals surface area contributed by atoms with Crippen LogP contribution in [-0.2, 0) is 25.5 Å². The molecule has 0 bridgehead atoms. The molecule has 0 spiro atoms. The quantitative estimate of drug-likeness (QED) is 0.105. The SMILES string of the molecule is NCCCC[C@H](NC(=O)[C@@H]1C[C@@H](OCC2CCCCC2)CN1C(=O)[C@@H](Cc1cccc(Cl)c1)NC(=O)OCC1CCCC1)C(=O)c1nc2ccccc2o1. The Bertz CT molecular complexity index is 1690. The second-order valence-electron chi connectivity index (χ2n) is 15.2. The summed E-state index contributed by atoms with van der Waals surface area (Å²) in [7, 11) is 0. The van der Waals surface area contributed by atoms with E-state index in [0.29, 0.717) is 60.4 Å². The van der Waals surface area contributed by atoms with Crippen LogP contribution in [0.25, 0.3) is 11.1 Å². The standard InChI is InChI=1S/C41H54ClN5O7/c42-30-16-10-15-29(21-30)22-34(46-41(51)53-26-28-13-4-5-14-28)40(50)47-24-31(52-25-27-11-2-1-3-12-27)23-35(47)38(49)44-33(18-8-9-20-43)37(48)39-45-32-17-6-7-19-36(32)54-39/h6-7,10,15-17,19,21,27-28,31,33-35H,1-5,8-9,11-14,18,20,22-26,43H2,(H,44,49)(H,46,51)/t31-,33+,34-,35+/m1/s1. The summed E-state index contributed by atoms with van der Waals surface area (Å²) < 4.78 is 17.8. The number of nitrogens with two attached hydrogens (primary N) is 1. The summed E-state index contributed by atoms with van der Waals surface area (Å²) in [5, 5.41) is 6.27. The lowest BCUT2D eigenvalue weighted by atomic mass is 9.90. The van der Waals surface area contributed by atoms with Gasteiger partial charge in [0.25, 0.3) is 5.89 Å². The van der Waals surface area contributed by atoms with E-state index in [1.807, 2.05) is 12.1 Å². The number of ether oxygens (including phenoxy) is 2. The van der Waals surface area contributed by atoms with E-state index >= 15 is 0 Å². The first-order valence-corrected chi connectivity index (χ1v) is 20.1. The fourth-order valence-corrected chi connectivity index (χ4v) is 8.26. The molecule has 6 rings (SSSR count). The fraction of sp³-hybridized carbons (Fsp3) is 0.585. The maximum absolute atomic E-state index is 14.6. The van der Waals surface area contributed by atoms with Gasteiger partial charge >= 0.3 is 6.09 Å². The molecule has 3 fully saturated rings. The predicted octanol–water partition coefficient (Wildman–Crippen LogP) is 6.37. The molecule has 292 valence electrons. The molecule has 12 nitrogen and oxygen atoms in total. The lowest BCUT2D eigenvalue weighted by Gasteiger charge is -2.29. The Labute approximate surface area is 322 Å². The minimum atomic E-state index is -1.05. The molecule has 4 atom stereocenters. The molecule has 2 heterocycles. The molecule has 1 saturated heterocycles. The zero-order chi connectivity index (χ0) is 37.9. The fourth-order valence-electron chi connectivity index (χ4n) is 8.05. The Morgan fingerprint density at radius 1 is 0.907 bits per heavy atom. The molecule has 13 heteroatoms. The van der Waals surface area contributed by atoms with Crippen LogP contribution in [0.1, 0.15) is 99.7 Å². The van der Waals surface area contributed by atoms with Crippen molar-refractivity contribution in [1.29, 1.82) is 0 Å². The smallest absolute Gasteiger partial charge is 0.407 e. The average molecular weight is 764 g/mol. The third kappa shape index (κ3) is 10.8. The van der Waals surface area contributed by atoms with Gasteiger partial charge in [0.1, 0.15) is 17.6 Å². The maximum atomic E-state index is 14.6. The molecule has 54 heavy (non-hydrogen) atoms. The Morgan fingerprint density at radius 2 is 1.65 bits per heavy atom. The van der Waals surface area contributed by atoms with Crippen molar-refractivity contribution in [2.24, 2.45) is 17.6 Å². The number of fused-ring (bicyclic) bond motifs is 1. The summed E-state index contributed by atoms with van der Waals surface area (Å²) >= 11 is 6.31. The minimum absolute atomic E-state index is 0.0933. The van der Waals surface area contributed by atoms with Crippen LogP contribution in [0.15, 0.2) is 52.9 Å². The number of alkyl carbamates (subject to hydrolysis) is 1. The van der Waals surface area contributed by atoms with E-state index < -0.39 is 47.9 Å². The number of halogens is 1. The van der Waals surface area contributed by atoms with Gasteiger partial charge in [0, 0.05) is 31.0 Å². The number of benzene rings is 2. The molecular weight excluding hydrogens is 710 g/mol. The molecule has 1 aliphatic heterocycles. The summed E-state index contributed by atoms with van der Waals surface area (Å²) in [5.41, 5.74) is 7.52. The van der Waals surface area contributed by atoms with Crippen molar-refractivity contribution in [3.8, 4) is 0 Å². The van der Waals surface area contributed by atoms with E-state index in [1.165, 1.54) is 24.2 Å². The van der Waals surface area contributed by atoms with Crippen molar-refractivity contribution in [1.82, 2.24) is 20.5 Å². The van der Waals surface area contributed by atoms with Gasteiger partial charge in [-0.15, -0.1) is 0 Å². The first kappa shape index (κ1) is 39.7. The number of likely N-dealkylation sites (tertiary alicyclic amines) is 1. The average Bonchev–Trinajstić information content (AvgIpc) is 3.96. The van der Waals surface area contributed by atoms with Crippen LogP contribution in [0.4, 0.5) is 4.79 Å². The summed E-state index contributed by atoms with van der Waals surface area (Å²) in [6, 6.07) is 11.3. The van der Waals surface area contributed by atoms with Crippen molar-refractivity contribution >= 4 is 46.4 Å². The van der Waals surface area contributed by atoms with E-state index in [2.05, 4.69) is 15.6 Å². The number of nitrogens with zero attached hydrogens (tertiary/aromatic N) is 2. The number of nitrogens with one attached hydrogen (secondary N) is 2. The van der Waals surface area contributed by atoms with Crippen LogP contribution in [-0.4, -0.2) is 84.1 Å². The number of hydrogen-bond acceptors (Lipinski definition) is 9. The van der Waals surface area contributed by atoms with Gasteiger partial charge in [0.15, 0.2) is 5.58 Å². The van der Waals surface area contributed by atoms with Gasteiger partial charge in [0.2, 0.25) is 17.6 Å². The highest BCUT2D eigenvalue weighted by molar-refractivity contribution is 6.30.